The maximum Gasteiger partial charge on any atom is 0.334 e. The molecule has 0 saturated heterocycles. The summed E-state index contributed by atoms with van der Waals surface area (Å²) in [6.07, 6.45) is 1.30. The van der Waals surface area contributed by atoms with Gasteiger partial charge >= 0.3 is 5.97 Å². The van der Waals surface area contributed by atoms with Gasteiger partial charge in [-0.15, -0.1) is 0 Å². The summed E-state index contributed by atoms with van der Waals surface area (Å²) in [7, 11) is -0.623. The zero-order valence-electron chi connectivity index (χ0n) is 9.51. The molecule has 16 heavy (non-hydrogen) atoms. The van der Waals surface area contributed by atoms with Crippen LogP contribution in [0.5, 0.6) is 0 Å². The SMILES string of the molecule is C=CC(=O)OC[N+](C)(C)CCCS(=O)(=O)[O-]. The van der Waals surface area contributed by atoms with E-state index in [1.54, 1.807) is 14.1 Å². The Morgan fingerprint density at radius 2 is 2.06 bits per heavy atom. The van der Waals surface area contributed by atoms with Gasteiger partial charge in [0.15, 0.2) is 0 Å². The first-order valence-electron chi connectivity index (χ1n) is 4.71. The molecule has 0 saturated carbocycles. The van der Waals surface area contributed by atoms with Crippen molar-refractivity contribution in [2.45, 2.75) is 6.42 Å². The predicted octanol–water partition coefficient (Wildman–Crippen LogP) is -0.315. The highest BCUT2D eigenvalue weighted by atomic mass is 32.2. The van der Waals surface area contributed by atoms with Gasteiger partial charge in [-0.1, -0.05) is 6.58 Å². The van der Waals surface area contributed by atoms with E-state index in [1.165, 1.54) is 0 Å². The van der Waals surface area contributed by atoms with Gasteiger partial charge in [-0.25, -0.2) is 13.2 Å². The third-order valence-electron chi connectivity index (χ3n) is 1.88. The molecule has 0 N–H and O–H groups in total. The average molecular weight is 251 g/mol. The summed E-state index contributed by atoms with van der Waals surface area (Å²) >= 11 is 0. The van der Waals surface area contributed by atoms with Gasteiger partial charge in [0.2, 0.25) is 6.73 Å². The topological polar surface area (TPSA) is 83.5 Å². The first-order chi connectivity index (χ1) is 7.16. The molecule has 0 aliphatic rings. The first-order valence-corrected chi connectivity index (χ1v) is 6.29. The third-order valence-corrected chi connectivity index (χ3v) is 2.67. The minimum absolute atomic E-state index is 0.115. The summed E-state index contributed by atoms with van der Waals surface area (Å²) in [6, 6.07) is 0. The van der Waals surface area contributed by atoms with Crippen molar-refractivity contribution < 1.29 is 27.0 Å². The Morgan fingerprint density at radius 3 is 2.50 bits per heavy atom. The molecule has 0 spiro atoms. The predicted molar refractivity (Wildman–Crippen MR) is 57.3 cm³/mol. The maximum atomic E-state index is 10.8. The lowest BCUT2D eigenvalue weighted by molar-refractivity contribution is -0.907. The molecule has 0 aromatic heterocycles. The molecule has 0 bridgehead atoms. The molecule has 0 aliphatic heterocycles. The van der Waals surface area contributed by atoms with Crippen molar-refractivity contribution in [2.24, 2.45) is 0 Å². The Morgan fingerprint density at radius 1 is 1.50 bits per heavy atom. The van der Waals surface area contributed by atoms with E-state index >= 15 is 0 Å². The molecule has 7 heteroatoms. The average Bonchev–Trinajstić information content (AvgIpc) is 2.12. The van der Waals surface area contributed by atoms with E-state index in [1.807, 2.05) is 0 Å². The van der Waals surface area contributed by atoms with E-state index in [-0.39, 0.29) is 13.2 Å². The van der Waals surface area contributed by atoms with E-state index in [2.05, 4.69) is 6.58 Å². The third kappa shape index (κ3) is 8.39. The fourth-order valence-electron chi connectivity index (χ4n) is 1.03. The highest BCUT2D eigenvalue weighted by Crippen LogP contribution is 2.01. The smallest absolute Gasteiger partial charge is 0.334 e. The molecule has 0 fully saturated rings. The number of rotatable bonds is 7. The zero-order valence-corrected chi connectivity index (χ0v) is 10.3. The van der Waals surface area contributed by atoms with Crippen LogP contribution in [-0.2, 0) is 19.6 Å². The molecule has 0 aromatic carbocycles. The van der Waals surface area contributed by atoms with Crippen molar-refractivity contribution in [1.29, 1.82) is 0 Å². The maximum absolute atomic E-state index is 10.8. The van der Waals surface area contributed by atoms with Crippen LogP contribution in [-0.4, -0.2) is 56.5 Å². The summed E-state index contributed by atoms with van der Waals surface area (Å²) in [5.41, 5.74) is 0. The second-order valence-electron chi connectivity index (χ2n) is 4.07. The molecule has 0 radical (unpaired) electrons. The summed E-state index contributed by atoms with van der Waals surface area (Å²) in [4.78, 5) is 10.8. The lowest BCUT2D eigenvalue weighted by Crippen LogP contribution is -2.43. The lowest BCUT2D eigenvalue weighted by Gasteiger charge is -2.28. The number of hydrogen-bond donors (Lipinski definition) is 0. The fraction of sp³-hybridized carbons (Fsp3) is 0.667. The highest BCUT2D eigenvalue weighted by molar-refractivity contribution is 7.85. The Balaban J connectivity index is 3.96. The van der Waals surface area contributed by atoms with E-state index in [9.17, 15) is 17.8 Å². The fourth-order valence-corrected chi connectivity index (χ4v) is 1.51. The van der Waals surface area contributed by atoms with Crippen LogP contribution in [0.4, 0.5) is 0 Å². The molecule has 0 rings (SSSR count). The number of esters is 1. The van der Waals surface area contributed by atoms with Crippen LogP contribution in [0.3, 0.4) is 0 Å². The largest absolute Gasteiger partial charge is 0.748 e. The molecular weight excluding hydrogens is 234 g/mol. The Labute approximate surface area is 95.8 Å². The van der Waals surface area contributed by atoms with E-state index < -0.39 is 21.8 Å². The van der Waals surface area contributed by atoms with Gasteiger partial charge in [-0.3, -0.25) is 4.48 Å². The van der Waals surface area contributed by atoms with Gasteiger partial charge in [0.25, 0.3) is 0 Å². The normalized spacial score (nSPS) is 12.2. The quantitative estimate of drug-likeness (QED) is 0.204. The molecule has 94 valence electrons. The van der Waals surface area contributed by atoms with Gasteiger partial charge in [0.05, 0.1) is 30.8 Å². The number of carbonyl (C=O) groups is 1. The van der Waals surface area contributed by atoms with Crippen molar-refractivity contribution in [2.75, 3.05) is 33.1 Å². The van der Waals surface area contributed by atoms with Gasteiger partial charge in [-0.05, 0) is 0 Å². The van der Waals surface area contributed by atoms with Crippen molar-refractivity contribution in [3.63, 3.8) is 0 Å². The molecule has 0 unspecified atom stereocenters. The minimum atomic E-state index is -4.17. The van der Waals surface area contributed by atoms with E-state index in [0.29, 0.717) is 11.0 Å². The van der Waals surface area contributed by atoms with Crippen LogP contribution < -0.4 is 0 Å². The number of nitrogens with zero attached hydrogens (tertiary/aromatic N) is 1. The van der Waals surface area contributed by atoms with Crippen LogP contribution in [0.2, 0.25) is 0 Å². The molecule has 6 nitrogen and oxygen atoms in total. The summed E-state index contributed by atoms with van der Waals surface area (Å²) in [6.45, 7) is 3.80. The highest BCUT2D eigenvalue weighted by Gasteiger charge is 2.16. The van der Waals surface area contributed by atoms with Crippen LogP contribution >= 0.6 is 0 Å². The van der Waals surface area contributed by atoms with Crippen molar-refractivity contribution in [1.82, 2.24) is 0 Å². The van der Waals surface area contributed by atoms with Crippen molar-refractivity contribution >= 4 is 16.1 Å². The summed E-state index contributed by atoms with van der Waals surface area (Å²) in [5.74, 6) is -0.924. The lowest BCUT2D eigenvalue weighted by atomic mass is 10.4. The summed E-state index contributed by atoms with van der Waals surface area (Å²) in [5, 5.41) is 0. The molecular formula is C9H17NO5S. The van der Waals surface area contributed by atoms with Crippen LogP contribution in [0.1, 0.15) is 6.42 Å². The van der Waals surface area contributed by atoms with Gasteiger partial charge in [-0.2, -0.15) is 0 Å². The van der Waals surface area contributed by atoms with Gasteiger partial charge < -0.3 is 9.29 Å². The Bertz CT molecular complexity index is 347. The van der Waals surface area contributed by atoms with Crippen molar-refractivity contribution in [3.05, 3.63) is 12.7 Å². The first kappa shape index (κ1) is 15.1. The molecule has 0 amide bonds. The minimum Gasteiger partial charge on any atom is -0.748 e. The Hall–Kier alpha value is -0.920. The number of hydrogen-bond acceptors (Lipinski definition) is 5. The van der Waals surface area contributed by atoms with Gasteiger partial charge in [0.1, 0.15) is 0 Å². The molecule has 0 atom stereocenters. The summed E-state index contributed by atoms with van der Waals surface area (Å²) < 4.78 is 36.2. The zero-order chi connectivity index (χ0) is 12.8. The van der Waals surface area contributed by atoms with Crippen molar-refractivity contribution in [3.8, 4) is 0 Å². The molecule has 0 heterocycles. The standard InChI is InChI=1S/C9H17NO5S/c1-4-9(11)15-8-10(2,3)6-5-7-16(12,13)14/h4H,1,5-8H2,2-3H3. The number of quaternary nitrogens is 1. The van der Waals surface area contributed by atoms with Gasteiger partial charge in [0, 0.05) is 18.2 Å². The Kier molecular flexibility index (Phi) is 5.63. The number of carbonyl (C=O) groups excluding carboxylic acids is 1. The van der Waals surface area contributed by atoms with E-state index in [4.69, 9.17) is 4.74 Å². The molecule has 0 aliphatic carbocycles. The second kappa shape index (κ2) is 5.97. The van der Waals surface area contributed by atoms with E-state index in [0.717, 1.165) is 6.08 Å². The molecule has 0 aromatic rings. The van der Waals surface area contributed by atoms with Crippen LogP contribution in [0.15, 0.2) is 12.7 Å². The van der Waals surface area contributed by atoms with Crippen LogP contribution in [0.25, 0.3) is 0 Å². The van der Waals surface area contributed by atoms with Crippen LogP contribution in [0, 0.1) is 0 Å². The second-order valence-corrected chi connectivity index (χ2v) is 5.59. The number of ether oxygens (including phenoxy) is 1. The monoisotopic (exact) mass is 251 g/mol.